The number of ketones is 1. The summed E-state index contributed by atoms with van der Waals surface area (Å²) in [5.41, 5.74) is 0.845. The molecule has 0 N–H and O–H groups in total. The van der Waals surface area contributed by atoms with Crippen LogP contribution in [0.15, 0.2) is 28.2 Å². The van der Waals surface area contributed by atoms with Crippen molar-refractivity contribution < 1.29 is 4.79 Å². The molecule has 2 aromatic heterocycles. The molecule has 2 rings (SSSR count). The predicted molar refractivity (Wildman–Crippen MR) is 81.9 cm³/mol. The number of hydrogen-bond acceptors (Lipinski definition) is 3. The molecule has 0 radical (unpaired) electrons. The molecule has 0 amide bonds. The fraction of sp³-hybridized carbons (Fsp3) is 0.429. The maximum atomic E-state index is 12.1. The third kappa shape index (κ3) is 3.34. The highest BCUT2D eigenvalue weighted by molar-refractivity contribution is 9.10. The van der Waals surface area contributed by atoms with Gasteiger partial charge in [-0.3, -0.25) is 9.48 Å². The smallest absolute Gasteiger partial charge is 0.179 e. The third-order valence-electron chi connectivity index (χ3n) is 3.19. The lowest BCUT2D eigenvalue weighted by Gasteiger charge is -2.12. The molecule has 0 aliphatic rings. The van der Waals surface area contributed by atoms with Gasteiger partial charge in [-0.15, -0.1) is 11.3 Å². The van der Waals surface area contributed by atoms with E-state index in [4.69, 9.17) is 0 Å². The van der Waals surface area contributed by atoms with Crippen LogP contribution in [-0.2, 0) is 6.42 Å². The molecule has 0 aliphatic carbocycles. The van der Waals surface area contributed by atoms with Crippen molar-refractivity contribution in [1.82, 2.24) is 9.78 Å². The summed E-state index contributed by atoms with van der Waals surface area (Å²) in [4.78, 5) is 12.9. The van der Waals surface area contributed by atoms with Gasteiger partial charge < -0.3 is 0 Å². The summed E-state index contributed by atoms with van der Waals surface area (Å²) in [5, 5.41) is 6.43. The Kier molecular flexibility index (Phi) is 4.93. The minimum absolute atomic E-state index is 0.122. The number of halogens is 1. The molecule has 0 spiro atoms. The van der Waals surface area contributed by atoms with Crippen molar-refractivity contribution in [2.24, 2.45) is 0 Å². The molecule has 0 aromatic carbocycles. The van der Waals surface area contributed by atoms with Gasteiger partial charge in [-0.25, -0.2) is 0 Å². The molecule has 0 saturated heterocycles. The van der Waals surface area contributed by atoms with Gasteiger partial charge in [0.1, 0.15) is 0 Å². The van der Waals surface area contributed by atoms with Crippen molar-refractivity contribution in [2.45, 2.75) is 39.2 Å². The van der Waals surface area contributed by atoms with E-state index in [-0.39, 0.29) is 5.78 Å². The van der Waals surface area contributed by atoms with Crippen LogP contribution in [0.4, 0.5) is 0 Å². The van der Waals surface area contributed by atoms with Crippen LogP contribution in [0, 0.1) is 0 Å². The molecule has 0 atom stereocenters. The van der Waals surface area contributed by atoms with Gasteiger partial charge >= 0.3 is 0 Å². The number of carbonyl (C=O) groups is 1. The molecule has 2 heterocycles. The van der Waals surface area contributed by atoms with Crippen LogP contribution < -0.4 is 0 Å². The van der Waals surface area contributed by atoms with Crippen LogP contribution in [0.25, 0.3) is 0 Å². The Hall–Kier alpha value is -0.940. The lowest BCUT2D eigenvalue weighted by atomic mass is 10.2. The maximum Gasteiger partial charge on any atom is 0.179 e. The van der Waals surface area contributed by atoms with Gasteiger partial charge in [-0.05, 0) is 46.3 Å². The molecular weight excluding hydrogens is 324 g/mol. The van der Waals surface area contributed by atoms with Gasteiger partial charge in [0.2, 0.25) is 0 Å². The van der Waals surface area contributed by atoms with Gasteiger partial charge in [-0.2, -0.15) is 5.10 Å². The minimum Gasteiger partial charge on any atom is -0.293 e. The van der Waals surface area contributed by atoms with Crippen molar-refractivity contribution in [2.75, 3.05) is 0 Å². The SMILES string of the molecule is CCC(CC)n1ccc(CC(=O)c2sccc2Br)n1. The van der Waals surface area contributed by atoms with E-state index < -0.39 is 0 Å². The summed E-state index contributed by atoms with van der Waals surface area (Å²) in [6.07, 6.45) is 4.46. The lowest BCUT2D eigenvalue weighted by molar-refractivity contribution is 0.0995. The standard InChI is InChI=1S/C14H17BrN2OS/c1-3-11(4-2)17-7-5-10(16-17)9-13(18)14-12(15)6-8-19-14/h5-8,11H,3-4,9H2,1-2H3. The molecule has 0 fully saturated rings. The molecule has 19 heavy (non-hydrogen) atoms. The number of carbonyl (C=O) groups excluding carboxylic acids is 1. The van der Waals surface area contributed by atoms with Crippen LogP contribution >= 0.6 is 27.3 Å². The Bertz CT molecular complexity index is 557. The van der Waals surface area contributed by atoms with Gasteiger partial charge in [0.15, 0.2) is 5.78 Å². The molecule has 2 aromatic rings. The van der Waals surface area contributed by atoms with Crippen molar-refractivity contribution in [3.05, 3.63) is 38.8 Å². The highest BCUT2D eigenvalue weighted by Crippen LogP contribution is 2.24. The van der Waals surface area contributed by atoms with Crippen LogP contribution in [0.2, 0.25) is 0 Å². The third-order valence-corrected chi connectivity index (χ3v) is 5.07. The second-order valence-electron chi connectivity index (χ2n) is 4.46. The summed E-state index contributed by atoms with van der Waals surface area (Å²) >= 11 is 4.86. The highest BCUT2D eigenvalue weighted by Gasteiger charge is 2.15. The number of nitrogens with zero attached hydrogens (tertiary/aromatic N) is 2. The van der Waals surface area contributed by atoms with E-state index in [2.05, 4.69) is 34.9 Å². The average molecular weight is 341 g/mol. The first kappa shape index (κ1) is 14.5. The van der Waals surface area contributed by atoms with Gasteiger partial charge in [0.25, 0.3) is 0 Å². The molecule has 102 valence electrons. The van der Waals surface area contributed by atoms with Gasteiger partial charge in [-0.1, -0.05) is 13.8 Å². The van der Waals surface area contributed by atoms with E-state index in [1.807, 2.05) is 28.4 Å². The van der Waals surface area contributed by atoms with Crippen LogP contribution in [0.5, 0.6) is 0 Å². The first-order chi connectivity index (χ1) is 9.15. The minimum atomic E-state index is 0.122. The summed E-state index contributed by atoms with van der Waals surface area (Å²) in [6.45, 7) is 4.31. The average Bonchev–Trinajstić information content (AvgIpc) is 3.00. The van der Waals surface area contributed by atoms with Crippen LogP contribution in [0.3, 0.4) is 0 Å². The van der Waals surface area contributed by atoms with E-state index in [1.165, 1.54) is 11.3 Å². The maximum absolute atomic E-state index is 12.1. The number of Topliss-reactive ketones (excluding diaryl/α,β-unsaturated/α-hetero) is 1. The summed E-state index contributed by atoms with van der Waals surface area (Å²) < 4.78 is 2.86. The monoisotopic (exact) mass is 340 g/mol. The zero-order chi connectivity index (χ0) is 13.8. The van der Waals surface area contributed by atoms with Crippen molar-refractivity contribution in [3.8, 4) is 0 Å². The Balaban J connectivity index is 2.08. The normalized spacial score (nSPS) is 11.2. The summed E-state index contributed by atoms with van der Waals surface area (Å²) in [6, 6.07) is 4.27. The Morgan fingerprint density at radius 3 is 2.74 bits per heavy atom. The second-order valence-corrected chi connectivity index (χ2v) is 6.23. The first-order valence-electron chi connectivity index (χ1n) is 6.45. The molecule has 3 nitrogen and oxygen atoms in total. The van der Waals surface area contributed by atoms with E-state index >= 15 is 0 Å². The zero-order valence-corrected chi connectivity index (χ0v) is 13.5. The first-order valence-corrected chi connectivity index (χ1v) is 8.13. The van der Waals surface area contributed by atoms with Gasteiger partial charge in [0.05, 0.1) is 23.0 Å². The molecule has 0 saturated carbocycles. The van der Waals surface area contributed by atoms with Crippen molar-refractivity contribution in [3.63, 3.8) is 0 Å². The van der Waals surface area contributed by atoms with Crippen LogP contribution in [-0.4, -0.2) is 15.6 Å². The fourth-order valence-electron chi connectivity index (χ4n) is 2.08. The number of hydrogen-bond donors (Lipinski definition) is 0. The second kappa shape index (κ2) is 6.48. The Morgan fingerprint density at radius 2 is 2.16 bits per heavy atom. The molecule has 0 bridgehead atoms. The Morgan fingerprint density at radius 1 is 1.42 bits per heavy atom. The molecule has 5 heteroatoms. The number of rotatable bonds is 6. The largest absolute Gasteiger partial charge is 0.293 e. The van der Waals surface area contributed by atoms with Crippen molar-refractivity contribution >= 4 is 33.0 Å². The van der Waals surface area contributed by atoms with Gasteiger partial charge in [0, 0.05) is 10.7 Å². The van der Waals surface area contributed by atoms with Crippen molar-refractivity contribution in [1.29, 1.82) is 0 Å². The number of thiophene rings is 1. The summed E-state index contributed by atoms with van der Waals surface area (Å²) in [7, 11) is 0. The number of aromatic nitrogens is 2. The van der Waals surface area contributed by atoms with E-state index in [9.17, 15) is 4.79 Å². The topological polar surface area (TPSA) is 34.9 Å². The predicted octanol–water partition coefficient (Wildman–Crippen LogP) is 4.49. The fourth-order valence-corrected chi connectivity index (χ4v) is 3.61. The quantitative estimate of drug-likeness (QED) is 0.726. The Labute approximate surface area is 125 Å². The van der Waals surface area contributed by atoms with E-state index in [0.717, 1.165) is 27.9 Å². The van der Waals surface area contributed by atoms with E-state index in [0.29, 0.717) is 12.5 Å². The molecule has 0 unspecified atom stereocenters. The molecule has 0 aliphatic heterocycles. The summed E-state index contributed by atoms with van der Waals surface area (Å²) in [5.74, 6) is 0.122. The van der Waals surface area contributed by atoms with Crippen LogP contribution in [0.1, 0.15) is 48.1 Å². The molecular formula is C14H17BrN2OS. The lowest BCUT2D eigenvalue weighted by Crippen LogP contribution is -2.09. The van der Waals surface area contributed by atoms with E-state index in [1.54, 1.807) is 0 Å². The zero-order valence-electron chi connectivity index (χ0n) is 11.1. The highest BCUT2D eigenvalue weighted by atomic mass is 79.9.